The molecule has 92 valence electrons. The molecule has 0 aliphatic carbocycles. The van der Waals surface area contributed by atoms with Gasteiger partial charge in [0.1, 0.15) is 0 Å². The Kier molecular flexibility index (Phi) is 3.14. The van der Waals surface area contributed by atoms with Crippen LogP contribution in [0.4, 0.5) is 0 Å². The largest absolute Gasteiger partial charge is 0.372 e. The van der Waals surface area contributed by atoms with E-state index in [0.717, 1.165) is 13.1 Å². The van der Waals surface area contributed by atoms with Crippen LogP contribution in [-0.2, 0) is 4.74 Å². The molecule has 2 saturated heterocycles. The van der Waals surface area contributed by atoms with Crippen molar-refractivity contribution < 1.29 is 4.74 Å². The van der Waals surface area contributed by atoms with E-state index in [2.05, 4.69) is 35.2 Å². The molecule has 0 aromatic heterocycles. The van der Waals surface area contributed by atoms with Gasteiger partial charge in [0.2, 0.25) is 0 Å². The molecule has 3 rings (SSSR count). The summed E-state index contributed by atoms with van der Waals surface area (Å²) in [5.41, 5.74) is 7.29. The summed E-state index contributed by atoms with van der Waals surface area (Å²) >= 11 is 0. The minimum Gasteiger partial charge on any atom is -0.372 e. The molecule has 3 nitrogen and oxygen atoms in total. The van der Waals surface area contributed by atoms with E-state index in [9.17, 15) is 0 Å². The molecule has 0 spiro atoms. The molecule has 2 heterocycles. The molecule has 2 aliphatic heterocycles. The second-order valence-corrected chi connectivity index (χ2v) is 5.07. The van der Waals surface area contributed by atoms with Gasteiger partial charge in [-0.3, -0.25) is 4.90 Å². The summed E-state index contributed by atoms with van der Waals surface area (Å²) < 4.78 is 5.88. The van der Waals surface area contributed by atoms with Gasteiger partial charge in [0.05, 0.1) is 12.2 Å². The van der Waals surface area contributed by atoms with Crippen molar-refractivity contribution in [3.8, 4) is 0 Å². The molecule has 2 bridgehead atoms. The van der Waals surface area contributed by atoms with Crippen LogP contribution in [-0.4, -0.2) is 36.7 Å². The molecule has 1 aromatic rings. The van der Waals surface area contributed by atoms with Gasteiger partial charge in [0, 0.05) is 25.7 Å². The van der Waals surface area contributed by atoms with Crippen molar-refractivity contribution in [1.82, 2.24) is 4.90 Å². The van der Waals surface area contributed by atoms with Crippen LogP contribution < -0.4 is 5.73 Å². The second-order valence-electron chi connectivity index (χ2n) is 5.07. The summed E-state index contributed by atoms with van der Waals surface area (Å²) in [5, 5.41) is 0. The lowest BCUT2D eigenvalue weighted by atomic mass is 10.0. The van der Waals surface area contributed by atoms with Gasteiger partial charge in [0.25, 0.3) is 0 Å². The molecule has 3 unspecified atom stereocenters. The van der Waals surface area contributed by atoms with Crippen molar-refractivity contribution in [3.05, 3.63) is 35.9 Å². The molecule has 0 saturated carbocycles. The van der Waals surface area contributed by atoms with E-state index in [4.69, 9.17) is 10.5 Å². The van der Waals surface area contributed by atoms with Crippen molar-refractivity contribution in [2.45, 2.75) is 31.1 Å². The highest BCUT2D eigenvalue weighted by Crippen LogP contribution is 2.31. The number of hydrogen-bond acceptors (Lipinski definition) is 3. The maximum atomic E-state index is 5.96. The Morgan fingerprint density at radius 2 is 1.82 bits per heavy atom. The number of nitrogens with zero attached hydrogens (tertiary/aromatic N) is 1. The molecular formula is C14H20N2O. The predicted octanol–water partition coefficient (Wildman–Crippen LogP) is 1.55. The zero-order valence-electron chi connectivity index (χ0n) is 10.1. The Labute approximate surface area is 103 Å². The van der Waals surface area contributed by atoms with Crippen LogP contribution in [0, 0.1) is 0 Å². The van der Waals surface area contributed by atoms with Gasteiger partial charge in [-0.25, -0.2) is 0 Å². The van der Waals surface area contributed by atoms with Crippen LogP contribution in [0.15, 0.2) is 30.3 Å². The standard InChI is InChI=1S/C14H20N2O/c15-8-14(11-4-2-1-3-5-11)16-9-12-6-7-13(10-16)17-12/h1-5,12-14H,6-10,15H2. The molecule has 2 fully saturated rings. The van der Waals surface area contributed by atoms with E-state index in [0.29, 0.717) is 24.8 Å². The van der Waals surface area contributed by atoms with Gasteiger partial charge in [-0.05, 0) is 18.4 Å². The second kappa shape index (κ2) is 4.77. The van der Waals surface area contributed by atoms with Crippen molar-refractivity contribution in [2.24, 2.45) is 5.73 Å². The highest BCUT2D eigenvalue weighted by atomic mass is 16.5. The Hall–Kier alpha value is -0.900. The fourth-order valence-electron chi connectivity index (χ4n) is 3.07. The summed E-state index contributed by atoms with van der Waals surface area (Å²) in [6, 6.07) is 10.9. The highest BCUT2D eigenvalue weighted by Gasteiger charge is 2.36. The van der Waals surface area contributed by atoms with Gasteiger partial charge >= 0.3 is 0 Å². The van der Waals surface area contributed by atoms with E-state index in [1.807, 2.05) is 0 Å². The fourth-order valence-corrected chi connectivity index (χ4v) is 3.07. The monoisotopic (exact) mass is 232 g/mol. The summed E-state index contributed by atoms with van der Waals surface area (Å²) in [6.07, 6.45) is 3.30. The summed E-state index contributed by atoms with van der Waals surface area (Å²) in [7, 11) is 0. The molecular weight excluding hydrogens is 212 g/mol. The number of hydrogen-bond donors (Lipinski definition) is 1. The molecule has 0 amide bonds. The fraction of sp³-hybridized carbons (Fsp3) is 0.571. The topological polar surface area (TPSA) is 38.5 Å². The normalized spacial score (nSPS) is 30.4. The predicted molar refractivity (Wildman–Crippen MR) is 67.7 cm³/mol. The molecule has 3 atom stereocenters. The number of ether oxygens (including phenoxy) is 1. The van der Waals surface area contributed by atoms with Crippen molar-refractivity contribution in [3.63, 3.8) is 0 Å². The minimum atomic E-state index is 0.350. The molecule has 0 radical (unpaired) electrons. The SMILES string of the molecule is NCC(c1ccccc1)N1CC2CCC(C1)O2. The first-order valence-corrected chi connectivity index (χ1v) is 6.51. The third kappa shape index (κ3) is 2.23. The average molecular weight is 232 g/mol. The summed E-state index contributed by atoms with van der Waals surface area (Å²) in [4.78, 5) is 2.50. The minimum absolute atomic E-state index is 0.350. The Balaban J connectivity index is 1.77. The van der Waals surface area contributed by atoms with E-state index < -0.39 is 0 Å². The quantitative estimate of drug-likeness (QED) is 0.859. The number of benzene rings is 1. The van der Waals surface area contributed by atoms with Crippen LogP contribution in [0.3, 0.4) is 0 Å². The number of likely N-dealkylation sites (tertiary alicyclic amines) is 1. The Morgan fingerprint density at radius 3 is 2.41 bits per heavy atom. The maximum absolute atomic E-state index is 5.96. The van der Waals surface area contributed by atoms with Gasteiger partial charge in [0.15, 0.2) is 0 Å². The third-order valence-corrected chi connectivity index (χ3v) is 3.92. The lowest BCUT2D eigenvalue weighted by Crippen LogP contribution is -2.46. The first kappa shape index (κ1) is 11.2. The number of fused-ring (bicyclic) bond motifs is 2. The molecule has 2 N–H and O–H groups in total. The number of morpholine rings is 1. The van der Waals surface area contributed by atoms with E-state index >= 15 is 0 Å². The van der Waals surface area contributed by atoms with Crippen LogP contribution in [0.2, 0.25) is 0 Å². The summed E-state index contributed by atoms with van der Waals surface area (Å²) in [5.74, 6) is 0. The molecule has 3 heteroatoms. The van der Waals surface area contributed by atoms with Crippen molar-refractivity contribution in [1.29, 1.82) is 0 Å². The highest BCUT2D eigenvalue weighted by molar-refractivity contribution is 5.19. The lowest BCUT2D eigenvalue weighted by molar-refractivity contribution is -0.0521. The van der Waals surface area contributed by atoms with Crippen LogP contribution >= 0.6 is 0 Å². The van der Waals surface area contributed by atoms with Crippen LogP contribution in [0.25, 0.3) is 0 Å². The molecule has 2 aliphatic rings. The molecule has 17 heavy (non-hydrogen) atoms. The lowest BCUT2D eigenvalue weighted by Gasteiger charge is -2.37. The van der Waals surface area contributed by atoms with Crippen molar-refractivity contribution >= 4 is 0 Å². The molecule has 1 aromatic carbocycles. The summed E-state index contributed by atoms with van der Waals surface area (Å²) in [6.45, 7) is 2.75. The van der Waals surface area contributed by atoms with E-state index in [1.165, 1.54) is 18.4 Å². The van der Waals surface area contributed by atoms with E-state index in [1.54, 1.807) is 0 Å². The van der Waals surface area contributed by atoms with Crippen LogP contribution in [0.5, 0.6) is 0 Å². The first-order chi connectivity index (χ1) is 8.36. The van der Waals surface area contributed by atoms with Gasteiger partial charge < -0.3 is 10.5 Å². The number of nitrogens with two attached hydrogens (primary N) is 1. The van der Waals surface area contributed by atoms with Gasteiger partial charge in [-0.2, -0.15) is 0 Å². The third-order valence-electron chi connectivity index (χ3n) is 3.92. The number of rotatable bonds is 3. The Bertz CT molecular complexity index is 356. The smallest absolute Gasteiger partial charge is 0.0707 e. The average Bonchev–Trinajstić information content (AvgIpc) is 2.71. The van der Waals surface area contributed by atoms with Gasteiger partial charge in [-0.1, -0.05) is 30.3 Å². The zero-order valence-corrected chi connectivity index (χ0v) is 10.1. The zero-order chi connectivity index (χ0) is 11.7. The Morgan fingerprint density at radius 1 is 1.18 bits per heavy atom. The van der Waals surface area contributed by atoms with Crippen molar-refractivity contribution in [2.75, 3.05) is 19.6 Å². The maximum Gasteiger partial charge on any atom is 0.0707 e. The van der Waals surface area contributed by atoms with Crippen LogP contribution in [0.1, 0.15) is 24.4 Å². The van der Waals surface area contributed by atoms with Gasteiger partial charge in [-0.15, -0.1) is 0 Å². The van der Waals surface area contributed by atoms with E-state index in [-0.39, 0.29) is 0 Å². The first-order valence-electron chi connectivity index (χ1n) is 6.51.